The van der Waals surface area contributed by atoms with Gasteiger partial charge < -0.3 is 14.5 Å². The molecule has 23 heavy (non-hydrogen) atoms. The Hall–Kier alpha value is -2.34. The van der Waals surface area contributed by atoms with Crippen LogP contribution in [0, 0.1) is 0 Å². The number of benzene rings is 1. The molecule has 1 heterocycles. The Morgan fingerprint density at radius 2 is 2.09 bits per heavy atom. The van der Waals surface area contributed by atoms with E-state index in [9.17, 15) is 9.59 Å². The summed E-state index contributed by atoms with van der Waals surface area (Å²) in [6.07, 6.45) is -0.126. The third kappa shape index (κ3) is 4.32. The molecule has 7 heteroatoms. The minimum atomic E-state index is -0.958. The second kappa shape index (κ2) is 7.28. The maximum atomic E-state index is 12.5. The summed E-state index contributed by atoms with van der Waals surface area (Å²) in [5.74, 6) is -1.28. The number of aliphatic carboxylic acids is 1. The highest BCUT2D eigenvalue weighted by Crippen LogP contribution is 2.23. The van der Waals surface area contributed by atoms with E-state index in [0.29, 0.717) is 10.7 Å². The number of amides is 1. The van der Waals surface area contributed by atoms with Crippen LogP contribution in [-0.2, 0) is 4.79 Å². The van der Waals surface area contributed by atoms with E-state index in [-0.39, 0.29) is 30.7 Å². The number of carbonyl (C=O) groups is 2. The zero-order valence-electron chi connectivity index (χ0n) is 12.8. The van der Waals surface area contributed by atoms with Gasteiger partial charge in [0, 0.05) is 29.2 Å². The monoisotopic (exact) mass is 336 g/mol. The van der Waals surface area contributed by atoms with Crippen LogP contribution in [0.15, 0.2) is 34.9 Å². The van der Waals surface area contributed by atoms with Gasteiger partial charge in [-0.1, -0.05) is 28.9 Å². The van der Waals surface area contributed by atoms with E-state index >= 15 is 0 Å². The van der Waals surface area contributed by atoms with Crippen molar-refractivity contribution in [3.8, 4) is 11.3 Å². The average molecular weight is 337 g/mol. The molecule has 122 valence electrons. The van der Waals surface area contributed by atoms with Crippen LogP contribution in [0.3, 0.4) is 0 Å². The maximum Gasteiger partial charge on any atom is 0.305 e. The van der Waals surface area contributed by atoms with E-state index in [1.54, 1.807) is 18.2 Å². The first kappa shape index (κ1) is 17.0. The van der Waals surface area contributed by atoms with E-state index in [0.717, 1.165) is 5.56 Å². The zero-order chi connectivity index (χ0) is 17.0. The fourth-order valence-corrected chi connectivity index (χ4v) is 2.30. The van der Waals surface area contributed by atoms with Crippen molar-refractivity contribution in [1.29, 1.82) is 0 Å². The average Bonchev–Trinajstić information content (AvgIpc) is 2.96. The Morgan fingerprint density at radius 3 is 2.70 bits per heavy atom. The summed E-state index contributed by atoms with van der Waals surface area (Å²) in [4.78, 5) is 24.6. The van der Waals surface area contributed by atoms with Gasteiger partial charge in [0.15, 0.2) is 0 Å². The van der Waals surface area contributed by atoms with Crippen molar-refractivity contribution in [3.63, 3.8) is 0 Å². The molecule has 1 amide bonds. The van der Waals surface area contributed by atoms with Gasteiger partial charge in [0.25, 0.3) is 5.91 Å². The fraction of sp³-hybridized carbons (Fsp3) is 0.312. The van der Waals surface area contributed by atoms with Gasteiger partial charge in [0.05, 0.1) is 6.42 Å². The number of aromatic nitrogens is 1. The van der Waals surface area contributed by atoms with Gasteiger partial charge in [-0.15, -0.1) is 0 Å². The molecule has 1 N–H and O–H groups in total. The first-order chi connectivity index (χ1) is 10.9. The summed E-state index contributed by atoms with van der Waals surface area (Å²) in [6, 6.07) is 8.43. The minimum absolute atomic E-state index is 0.0686. The molecule has 1 aromatic carbocycles. The first-order valence-electron chi connectivity index (χ1n) is 7.14. The summed E-state index contributed by atoms with van der Waals surface area (Å²) in [7, 11) is 0. The summed E-state index contributed by atoms with van der Waals surface area (Å²) in [6.45, 7) is 3.74. The van der Waals surface area contributed by atoms with E-state index in [2.05, 4.69) is 5.16 Å². The zero-order valence-corrected chi connectivity index (χ0v) is 13.6. The minimum Gasteiger partial charge on any atom is -0.481 e. The van der Waals surface area contributed by atoms with Gasteiger partial charge in [-0.2, -0.15) is 0 Å². The van der Waals surface area contributed by atoms with Crippen molar-refractivity contribution in [3.05, 3.63) is 41.1 Å². The second-order valence-corrected chi connectivity index (χ2v) is 5.76. The molecule has 2 rings (SSSR count). The van der Waals surface area contributed by atoms with Crippen molar-refractivity contribution in [2.24, 2.45) is 0 Å². The number of carboxylic acids is 1. The highest BCUT2D eigenvalue weighted by molar-refractivity contribution is 6.30. The lowest BCUT2D eigenvalue weighted by atomic mass is 10.1. The van der Waals surface area contributed by atoms with Crippen LogP contribution in [0.1, 0.15) is 30.8 Å². The van der Waals surface area contributed by atoms with Gasteiger partial charge in [-0.3, -0.25) is 9.59 Å². The summed E-state index contributed by atoms with van der Waals surface area (Å²) in [5, 5.41) is 13.2. The van der Waals surface area contributed by atoms with Crippen molar-refractivity contribution < 1.29 is 19.2 Å². The highest BCUT2D eigenvalue weighted by atomic mass is 35.5. The van der Waals surface area contributed by atoms with E-state index in [4.69, 9.17) is 21.2 Å². The number of carboxylic acid groups (broad SMARTS) is 1. The van der Waals surface area contributed by atoms with E-state index in [1.807, 2.05) is 19.9 Å². The van der Waals surface area contributed by atoms with Gasteiger partial charge in [0.1, 0.15) is 5.69 Å². The molecule has 0 spiro atoms. The highest BCUT2D eigenvalue weighted by Gasteiger charge is 2.23. The number of carbonyl (C=O) groups excluding carboxylic acids is 1. The van der Waals surface area contributed by atoms with E-state index in [1.165, 1.54) is 11.0 Å². The van der Waals surface area contributed by atoms with Gasteiger partial charge in [-0.25, -0.2) is 0 Å². The molecule has 0 atom stereocenters. The van der Waals surface area contributed by atoms with Crippen molar-refractivity contribution >= 4 is 23.5 Å². The SMILES string of the molecule is CC(C)N(CCC(=O)O)C(=O)c1cc(-c2cccc(Cl)c2)no1. The van der Waals surface area contributed by atoms with Crippen LogP contribution >= 0.6 is 11.6 Å². The molecule has 0 fully saturated rings. The molecule has 6 nitrogen and oxygen atoms in total. The largest absolute Gasteiger partial charge is 0.481 e. The van der Waals surface area contributed by atoms with Crippen LogP contribution in [0.2, 0.25) is 5.02 Å². The summed E-state index contributed by atoms with van der Waals surface area (Å²) in [5.41, 5.74) is 1.24. The summed E-state index contributed by atoms with van der Waals surface area (Å²) >= 11 is 5.94. The molecule has 0 aliphatic rings. The second-order valence-electron chi connectivity index (χ2n) is 5.32. The maximum absolute atomic E-state index is 12.5. The molecular formula is C16H17ClN2O4. The van der Waals surface area contributed by atoms with Crippen LogP contribution in [0.5, 0.6) is 0 Å². The van der Waals surface area contributed by atoms with Crippen LogP contribution in [-0.4, -0.2) is 39.6 Å². The first-order valence-corrected chi connectivity index (χ1v) is 7.51. The fourth-order valence-electron chi connectivity index (χ4n) is 2.11. The molecule has 0 aliphatic carbocycles. The molecule has 2 aromatic rings. The van der Waals surface area contributed by atoms with Gasteiger partial charge in [-0.05, 0) is 26.0 Å². The Bertz CT molecular complexity index is 712. The van der Waals surface area contributed by atoms with Gasteiger partial charge in [0.2, 0.25) is 5.76 Å². The Labute approximate surface area is 138 Å². The lowest BCUT2D eigenvalue weighted by molar-refractivity contribution is -0.137. The number of halogens is 1. The topological polar surface area (TPSA) is 83.6 Å². The standard InChI is InChI=1S/C16H17ClN2O4/c1-10(2)19(7-6-15(20)21)16(22)14-9-13(18-23-14)11-4-3-5-12(17)8-11/h3-5,8-10H,6-7H2,1-2H3,(H,20,21). The normalized spacial score (nSPS) is 10.8. The van der Waals surface area contributed by atoms with Crippen LogP contribution < -0.4 is 0 Å². The predicted octanol–water partition coefficient (Wildman–Crippen LogP) is 3.32. The molecule has 0 saturated heterocycles. The lowest BCUT2D eigenvalue weighted by Gasteiger charge is -2.24. The predicted molar refractivity (Wildman–Crippen MR) is 85.4 cm³/mol. The molecular weight excluding hydrogens is 320 g/mol. The number of rotatable bonds is 6. The van der Waals surface area contributed by atoms with Gasteiger partial charge >= 0.3 is 5.97 Å². The Kier molecular flexibility index (Phi) is 5.39. The lowest BCUT2D eigenvalue weighted by Crippen LogP contribution is -2.38. The molecule has 0 radical (unpaired) electrons. The molecule has 1 aromatic heterocycles. The number of hydrogen-bond acceptors (Lipinski definition) is 4. The third-order valence-corrected chi connectivity index (χ3v) is 3.53. The summed E-state index contributed by atoms with van der Waals surface area (Å²) < 4.78 is 5.13. The van der Waals surface area contributed by atoms with Crippen molar-refractivity contribution in [2.75, 3.05) is 6.54 Å². The third-order valence-electron chi connectivity index (χ3n) is 3.29. The molecule has 0 bridgehead atoms. The Morgan fingerprint density at radius 1 is 1.35 bits per heavy atom. The van der Waals surface area contributed by atoms with E-state index < -0.39 is 5.97 Å². The van der Waals surface area contributed by atoms with Crippen molar-refractivity contribution in [1.82, 2.24) is 10.1 Å². The molecule has 0 saturated carbocycles. The van der Waals surface area contributed by atoms with Crippen LogP contribution in [0.25, 0.3) is 11.3 Å². The molecule has 0 aliphatic heterocycles. The number of nitrogens with zero attached hydrogens (tertiary/aromatic N) is 2. The smallest absolute Gasteiger partial charge is 0.305 e. The number of hydrogen-bond donors (Lipinski definition) is 1. The van der Waals surface area contributed by atoms with Crippen LogP contribution in [0.4, 0.5) is 0 Å². The molecule has 0 unspecified atom stereocenters. The quantitative estimate of drug-likeness (QED) is 0.874. The van der Waals surface area contributed by atoms with Crippen molar-refractivity contribution in [2.45, 2.75) is 26.3 Å². The Balaban J connectivity index is 2.20.